The van der Waals surface area contributed by atoms with Gasteiger partial charge >= 0.3 is 0 Å². The summed E-state index contributed by atoms with van der Waals surface area (Å²) < 4.78 is 5.20. The van der Waals surface area contributed by atoms with Gasteiger partial charge in [-0.3, -0.25) is 9.97 Å². The van der Waals surface area contributed by atoms with Crippen molar-refractivity contribution < 1.29 is 9.63 Å². The fraction of sp³-hybridized carbons (Fsp3) is 0.286. The average molecular weight is 270 g/mol. The molecule has 0 aliphatic heterocycles. The number of rotatable bonds is 3. The van der Waals surface area contributed by atoms with Crippen LogP contribution in [0, 0.1) is 0 Å². The monoisotopic (exact) mass is 270 g/mol. The summed E-state index contributed by atoms with van der Waals surface area (Å²) in [5, 5.41) is 13.5. The van der Waals surface area contributed by atoms with E-state index in [1.54, 1.807) is 19.3 Å². The molecule has 3 aromatic rings. The Balaban J connectivity index is 1.99. The molecule has 0 spiro atoms. The van der Waals surface area contributed by atoms with Crippen molar-refractivity contribution in [2.75, 3.05) is 0 Å². The van der Waals surface area contributed by atoms with Gasteiger partial charge in [-0.1, -0.05) is 12.1 Å². The lowest BCUT2D eigenvalue weighted by Crippen LogP contribution is -2.11. The molecule has 2 heterocycles. The number of aliphatic hydroxyl groups is 1. The summed E-state index contributed by atoms with van der Waals surface area (Å²) in [5.74, 6) is 0.714. The van der Waals surface area contributed by atoms with Crippen molar-refractivity contribution in [2.24, 2.45) is 0 Å². The Morgan fingerprint density at radius 3 is 2.60 bits per heavy atom. The van der Waals surface area contributed by atoms with Crippen LogP contribution in [0.4, 0.5) is 0 Å². The fourth-order valence-corrected chi connectivity index (χ4v) is 1.85. The van der Waals surface area contributed by atoms with Crippen LogP contribution in [0.2, 0.25) is 0 Å². The number of nitrogens with zero attached hydrogens (tertiary/aromatic N) is 4. The van der Waals surface area contributed by atoms with E-state index in [0.29, 0.717) is 11.7 Å². The summed E-state index contributed by atoms with van der Waals surface area (Å²) in [4.78, 5) is 12.8. The molecule has 3 rings (SSSR count). The highest BCUT2D eigenvalue weighted by atomic mass is 16.5. The highest BCUT2D eigenvalue weighted by Gasteiger charge is 2.19. The number of aromatic nitrogens is 4. The van der Waals surface area contributed by atoms with Gasteiger partial charge in [0.15, 0.2) is 0 Å². The zero-order chi connectivity index (χ0) is 14.1. The maximum absolute atomic E-state index is 9.55. The number of hydrogen-bond acceptors (Lipinski definition) is 6. The van der Waals surface area contributed by atoms with Gasteiger partial charge in [0, 0.05) is 18.0 Å². The molecule has 0 fully saturated rings. The number of benzene rings is 1. The van der Waals surface area contributed by atoms with Gasteiger partial charge < -0.3 is 9.63 Å². The van der Waals surface area contributed by atoms with Crippen molar-refractivity contribution in [1.29, 1.82) is 0 Å². The molecule has 2 atom stereocenters. The first-order valence-electron chi connectivity index (χ1n) is 6.38. The maximum Gasteiger partial charge on any atom is 0.232 e. The minimum atomic E-state index is -0.536. The summed E-state index contributed by atoms with van der Waals surface area (Å²) in [6, 6.07) is 5.61. The van der Waals surface area contributed by atoms with E-state index in [9.17, 15) is 5.11 Å². The molecule has 2 aromatic heterocycles. The van der Waals surface area contributed by atoms with Crippen LogP contribution in [-0.2, 0) is 0 Å². The third-order valence-corrected chi connectivity index (χ3v) is 3.28. The number of aliphatic hydroxyl groups excluding tert-OH is 1. The van der Waals surface area contributed by atoms with Crippen LogP contribution in [0.15, 0.2) is 35.1 Å². The Morgan fingerprint density at radius 2 is 1.85 bits per heavy atom. The van der Waals surface area contributed by atoms with Crippen LogP contribution in [0.25, 0.3) is 22.4 Å². The highest BCUT2D eigenvalue weighted by Crippen LogP contribution is 2.23. The Bertz CT molecular complexity index is 739. The topological polar surface area (TPSA) is 84.9 Å². The highest BCUT2D eigenvalue weighted by molar-refractivity contribution is 5.79. The number of fused-ring (bicyclic) bond motifs is 1. The molecule has 0 saturated carbocycles. The van der Waals surface area contributed by atoms with Crippen LogP contribution < -0.4 is 0 Å². The molecule has 6 nitrogen and oxygen atoms in total. The van der Waals surface area contributed by atoms with E-state index < -0.39 is 6.10 Å². The predicted molar refractivity (Wildman–Crippen MR) is 72.9 cm³/mol. The SMILES string of the molecule is CC(O)C(C)c1nc(-c2ccc3nccnc3c2)no1. The van der Waals surface area contributed by atoms with E-state index >= 15 is 0 Å². The van der Waals surface area contributed by atoms with Crippen molar-refractivity contribution in [3.8, 4) is 11.4 Å². The van der Waals surface area contributed by atoms with E-state index in [-0.39, 0.29) is 5.92 Å². The van der Waals surface area contributed by atoms with E-state index in [4.69, 9.17) is 4.52 Å². The van der Waals surface area contributed by atoms with Gasteiger partial charge in [0.25, 0.3) is 0 Å². The molecule has 102 valence electrons. The molecule has 0 amide bonds. The quantitative estimate of drug-likeness (QED) is 0.785. The van der Waals surface area contributed by atoms with Gasteiger partial charge in [0.1, 0.15) is 0 Å². The standard InChI is InChI=1S/C14H14N4O2/c1-8(9(2)19)14-17-13(18-20-14)10-3-4-11-12(7-10)16-6-5-15-11/h3-9,19H,1-2H3. The molecule has 0 radical (unpaired) electrons. The average Bonchev–Trinajstić information content (AvgIpc) is 2.95. The Morgan fingerprint density at radius 1 is 1.10 bits per heavy atom. The molecule has 20 heavy (non-hydrogen) atoms. The summed E-state index contributed by atoms with van der Waals surface area (Å²) >= 11 is 0. The van der Waals surface area contributed by atoms with Gasteiger partial charge in [-0.2, -0.15) is 4.98 Å². The van der Waals surface area contributed by atoms with E-state index in [2.05, 4.69) is 20.1 Å². The second-order valence-electron chi connectivity index (χ2n) is 4.75. The summed E-state index contributed by atoms with van der Waals surface area (Å²) in [6.45, 7) is 3.54. The Hall–Kier alpha value is -2.34. The molecule has 0 aliphatic carbocycles. The maximum atomic E-state index is 9.55. The van der Waals surface area contributed by atoms with Crippen LogP contribution in [0.1, 0.15) is 25.7 Å². The summed E-state index contributed by atoms with van der Waals surface area (Å²) in [5.41, 5.74) is 2.41. The molecule has 2 unspecified atom stereocenters. The van der Waals surface area contributed by atoms with Crippen molar-refractivity contribution in [2.45, 2.75) is 25.9 Å². The molecular weight excluding hydrogens is 256 g/mol. The minimum Gasteiger partial charge on any atom is -0.393 e. The predicted octanol–water partition coefficient (Wildman–Crippen LogP) is 2.16. The molecule has 0 saturated heterocycles. The summed E-state index contributed by atoms with van der Waals surface area (Å²) in [6.07, 6.45) is 2.76. The lowest BCUT2D eigenvalue weighted by molar-refractivity contribution is 0.151. The first kappa shape index (κ1) is 12.7. The van der Waals surface area contributed by atoms with Gasteiger partial charge in [-0.15, -0.1) is 0 Å². The molecule has 1 aromatic carbocycles. The first-order chi connectivity index (χ1) is 9.65. The van der Waals surface area contributed by atoms with Crippen molar-refractivity contribution in [3.63, 3.8) is 0 Å². The summed E-state index contributed by atoms with van der Waals surface area (Å²) in [7, 11) is 0. The van der Waals surface area contributed by atoms with Gasteiger partial charge in [-0.05, 0) is 25.1 Å². The van der Waals surface area contributed by atoms with Crippen LogP contribution in [0.3, 0.4) is 0 Å². The van der Waals surface area contributed by atoms with Crippen LogP contribution in [0.5, 0.6) is 0 Å². The van der Waals surface area contributed by atoms with Gasteiger partial charge in [0.05, 0.1) is 23.1 Å². The number of hydrogen-bond donors (Lipinski definition) is 1. The molecule has 0 bridgehead atoms. The third kappa shape index (κ3) is 2.25. The zero-order valence-electron chi connectivity index (χ0n) is 11.2. The van der Waals surface area contributed by atoms with Gasteiger partial charge in [0.2, 0.25) is 11.7 Å². The Labute approximate surface area is 115 Å². The molecule has 1 N–H and O–H groups in total. The van der Waals surface area contributed by atoms with Crippen LogP contribution in [-0.4, -0.2) is 31.3 Å². The van der Waals surface area contributed by atoms with E-state index in [1.807, 2.05) is 25.1 Å². The molecule has 0 aliphatic rings. The zero-order valence-corrected chi connectivity index (χ0v) is 11.2. The smallest absolute Gasteiger partial charge is 0.232 e. The van der Waals surface area contributed by atoms with Gasteiger partial charge in [-0.25, -0.2) is 0 Å². The van der Waals surface area contributed by atoms with Crippen LogP contribution >= 0.6 is 0 Å². The second kappa shape index (κ2) is 4.97. The van der Waals surface area contributed by atoms with Crippen molar-refractivity contribution in [3.05, 3.63) is 36.5 Å². The molecular formula is C14H14N4O2. The van der Waals surface area contributed by atoms with Crippen molar-refractivity contribution in [1.82, 2.24) is 20.1 Å². The normalized spacial score (nSPS) is 14.3. The third-order valence-electron chi connectivity index (χ3n) is 3.28. The largest absolute Gasteiger partial charge is 0.393 e. The lowest BCUT2D eigenvalue weighted by Gasteiger charge is -2.07. The second-order valence-corrected chi connectivity index (χ2v) is 4.75. The molecule has 6 heteroatoms. The minimum absolute atomic E-state index is 0.198. The first-order valence-corrected chi connectivity index (χ1v) is 6.38. The lowest BCUT2D eigenvalue weighted by atomic mass is 10.1. The Kier molecular flexibility index (Phi) is 3.15. The van der Waals surface area contributed by atoms with E-state index in [1.165, 1.54) is 0 Å². The fourth-order valence-electron chi connectivity index (χ4n) is 1.85. The van der Waals surface area contributed by atoms with Crippen molar-refractivity contribution >= 4 is 11.0 Å². The van der Waals surface area contributed by atoms with E-state index in [0.717, 1.165) is 16.6 Å².